The van der Waals surface area contributed by atoms with E-state index in [0.29, 0.717) is 0 Å². The molecule has 0 unspecified atom stereocenters. The van der Waals surface area contributed by atoms with Crippen LogP contribution in [0.1, 0.15) is 0 Å². The number of benzene rings is 9. The maximum absolute atomic E-state index is 6.52. The average molecular weight is 703 g/mol. The van der Waals surface area contributed by atoms with Gasteiger partial charge in [-0.15, -0.1) is 0 Å². The first kappa shape index (κ1) is 31.2. The van der Waals surface area contributed by atoms with Gasteiger partial charge < -0.3 is 13.9 Å². The Bertz CT molecular complexity index is 3180. The van der Waals surface area contributed by atoms with E-state index in [9.17, 15) is 0 Å². The minimum absolute atomic E-state index is 0.900. The fraction of sp³-hybridized carbons (Fsp3) is 0. The number of aromatic nitrogens is 1. The zero-order valence-electron chi connectivity index (χ0n) is 29.9. The van der Waals surface area contributed by atoms with Crippen LogP contribution in [0.2, 0.25) is 0 Å². The molecule has 0 fully saturated rings. The maximum atomic E-state index is 6.52. The molecule has 0 N–H and O–H groups in total. The highest BCUT2D eigenvalue weighted by atomic mass is 16.3. The fourth-order valence-corrected chi connectivity index (χ4v) is 8.39. The van der Waals surface area contributed by atoms with Crippen molar-refractivity contribution in [2.24, 2.45) is 0 Å². The van der Waals surface area contributed by atoms with Crippen LogP contribution < -0.4 is 4.90 Å². The molecule has 11 rings (SSSR count). The van der Waals surface area contributed by atoms with E-state index in [1.165, 1.54) is 43.8 Å². The largest absolute Gasteiger partial charge is 0.454 e. The van der Waals surface area contributed by atoms with E-state index in [0.717, 1.165) is 55.7 Å². The molecule has 0 spiro atoms. The highest BCUT2D eigenvalue weighted by Gasteiger charge is 2.19. The van der Waals surface area contributed by atoms with Gasteiger partial charge in [0.05, 0.1) is 22.4 Å². The van der Waals surface area contributed by atoms with Gasteiger partial charge in [0.25, 0.3) is 0 Å². The monoisotopic (exact) mass is 702 g/mol. The lowest BCUT2D eigenvalue weighted by molar-refractivity contribution is 0.666. The molecule has 11 aromatic rings. The Morgan fingerprint density at radius 3 is 1.73 bits per heavy atom. The van der Waals surface area contributed by atoms with Crippen LogP contribution in [0.5, 0.6) is 0 Å². The standard InChI is InChI=1S/C52H34N2O/c1-2-12-35(13-3-1)36-24-29-40(30-25-36)53(47-21-10-15-38-14-4-5-16-42(38)47)41-31-26-37(27-32-41)39-28-33-49-46(34-39)43-17-6-8-20-48(43)54(49)50-22-11-19-45-44-18-7-9-23-51(44)55-52(45)50/h1-34H. The second-order valence-corrected chi connectivity index (χ2v) is 14.1. The molecule has 2 aromatic heterocycles. The second-order valence-electron chi connectivity index (χ2n) is 14.1. The van der Waals surface area contributed by atoms with Crippen LogP contribution in [0.25, 0.3) is 82.5 Å². The van der Waals surface area contributed by atoms with E-state index in [1.807, 2.05) is 12.1 Å². The number of rotatable bonds is 6. The molecule has 0 bridgehead atoms. The van der Waals surface area contributed by atoms with Crippen molar-refractivity contribution in [1.82, 2.24) is 4.57 Å². The quantitative estimate of drug-likeness (QED) is 0.172. The third-order valence-electron chi connectivity index (χ3n) is 11.0. The number of furan rings is 1. The molecule has 3 nitrogen and oxygen atoms in total. The van der Waals surface area contributed by atoms with Gasteiger partial charge in [-0.3, -0.25) is 0 Å². The normalized spacial score (nSPS) is 11.6. The molecule has 0 aliphatic carbocycles. The Hall–Kier alpha value is -7.36. The van der Waals surface area contributed by atoms with Crippen LogP contribution in [-0.4, -0.2) is 4.57 Å². The van der Waals surface area contributed by atoms with E-state index in [1.54, 1.807) is 0 Å². The third kappa shape index (κ3) is 5.13. The van der Waals surface area contributed by atoms with Gasteiger partial charge in [-0.2, -0.15) is 0 Å². The molecule has 0 atom stereocenters. The highest BCUT2D eigenvalue weighted by Crippen LogP contribution is 2.42. The van der Waals surface area contributed by atoms with Crippen molar-refractivity contribution in [2.75, 3.05) is 4.90 Å². The molecule has 0 amide bonds. The molecular formula is C52H34N2O. The molecule has 0 aliphatic heterocycles. The molecular weight excluding hydrogens is 669 g/mol. The molecule has 9 aromatic carbocycles. The van der Waals surface area contributed by atoms with Crippen LogP contribution in [-0.2, 0) is 0 Å². The zero-order chi connectivity index (χ0) is 36.3. The summed E-state index contributed by atoms with van der Waals surface area (Å²) in [6, 6.07) is 73.9. The molecule has 0 aliphatic rings. The molecule has 0 saturated carbocycles. The molecule has 258 valence electrons. The van der Waals surface area contributed by atoms with E-state index in [-0.39, 0.29) is 0 Å². The first-order valence-electron chi connectivity index (χ1n) is 18.8. The van der Waals surface area contributed by atoms with Gasteiger partial charge in [0.15, 0.2) is 5.58 Å². The van der Waals surface area contributed by atoms with Crippen molar-refractivity contribution in [1.29, 1.82) is 0 Å². The smallest absolute Gasteiger partial charge is 0.159 e. The second kappa shape index (κ2) is 12.6. The average Bonchev–Trinajstić information content (AvgIpc) is 3.80. The minimum atomic E-state index is 0.900. The SMILES string of the molecule is c1ccc(-c2ccc(N(c3ccc(-c4ccc5c(c4)c4ccccc4n5-c4cccc5c4oc4ccccc45)cc3)c3cccc4ccccc34)cc2)cc1. The number of hydrogen-bond donors (Lipinski definition) is 0. The van der Waals surface area contributed by atoms with Gasteiger partial charge in [0.2, 0.25) is 0 Å². The summed E-state index contributed by atoms with van der Waals surface area (Å²) in [5.41, 5.74) is 13.3. The Morgan fingerprint density at radius 1 is 0.364 bits per heavy atom. The summed E-state index contributed by atoms with van der Waals surface area (Å²) in [6.07, 6.45) is 0. The summed E-state index contributed by atoms with van der Waals surface area (Å²) in [5.74, 6) is 0. The first-order valence-corrected chi connectivity index (χ1v) is 18.8. The van der Waals surface area contributed by atoms with E-state index in [4.69, 9.17) is 4.42 Å². The van der Waals surface area contributed by atoms with E-state index in [2.05, 4.69) is 204 Å². The molecule has 0 radical (unpaired) electrons. The van der Waals surface area contributed by atoms with Gasteiger partial charge in [0, 0.05) is 38.3 Å². The maximum Gasteiger partial charge on any atom is 0.159 e. The Labute approximate surface area is 318 Å². The van der Waals surface area contributed by atoms with Crippen molar-refractivity contribution in [3.8, 4) is 27.9 Å². The van der Waals surface area contributed by atoms with Gasteiger partial charge in [-0.05, 0) is 88.3 Å². The lowest BCUT2D eigenvalue weighted by Gasteiger charge is -2.27. The topological polar surface area (TPSA) is 21.3 Å². The predicted molar refractivity (Wildman–Crippen MR) is 231 cm³/mol. The minimum Gasteiger partial charge on any atom is -0.454 e. The lowest BCUT2D eigenvalue weighted by atomic mass is 10.0. The number of fused-ring (bicyclic) bond motifs is 7. The van der Waals surface area contributed by atoms with E-state index < -0.39 is 0 Å². The molecule has 2 heterocycles. The lowest BCUT2D eigenvalue weighted by Crippen LogP contribution is -2.10. The van der Waals surface area contributed by atoms with Gasteiger partial charge in [-0.25, -0.2) is 0 Å². The Balaban J connectivity index is 1.02. The van der Waals surface area contributed by atoms with Crippen molar-refractivity contribution in [3.05, 3.63) is 206 Å². The van der Waals surface area contributed by atoms with Crippen LogP contribution in [0.4, 0.5) is 17.1 Å². The number of para-hydroxylation sites is 3. The van der Waals surface area contributed by atoms with Gasteiger partial charge in [0.1, 0.15) is 5.58 Å². The predicted octanol–water partition coefficient (Wildman–Crippen LogP) is 14.6. The third-order valence-corrected chi connectivity index (χ3v) is 11.0. The van der Waals surface area contributed by atoms with Crippen molar-refractivity contribution in [3.63, 3.8) is 0 Å². The summed E-state index contributed by atoms with van der Waals surface area (Å²) >= 11 is 0. The van der Waals surface area contributed by atoms with Gasteiger partial charge in [-0.1, -0.05) is 146 Å². The highest BCUT2D eigenvalue weighted by molar-refractivity contribution is 6.13. The van der Waals surface area contributed by atoms with Crippen molar-refractivity contribution >= 4 is 71.6 Å². The summed E-state index contributed by atoms with van der Waals surface area (Å²) in [7, 11) is 0. The summed E-state index contributed by atoms with van der Waals surface area (Å²) < 4.78 is 8.87. The van der Waals surface area contributed by atoms with Crippen molar-refractivity contribution < 1.29 is 4.42 Å². The number of hydrogen-bond acceptors (Lipinski definition) is 2. The fourth-order valence-electron chi connectivity index (χ4n) is 8.39. The van der Waals surface area contributed by atoms with Crippen LogP contribution in [0.15, 0.2) is 211 Å². The zero-order valence-corrected chi connectivity index (χ0v) is 29.9. The first-order chi connectivity index (χ1) is 27.3. The molecule has 55 heavy (non-hydrogen) atoms. The molecule has 3 heteroatoms. The van der Waals surface area contributed by atoms with Crippen LogP contribution in [0, 0.1) is 0 Å². The summed E-state index contributed by atoms with van der Waals surface area (Å²) in [5, 5.41) is 7.11. The Kier molecular flexibility index (Phi) is 7.17. The number of nitrogens with zero attached hydrogens (tertiary/aromatic N) is 2. The van der Waals surface area contributed by atoms with Crippen molar-refractivity contribution in [2.45, 2.75) is 0 Å². The summed E-state index contributed by atoms with van der Waals surface area (Å²) in [6.45, 7) is 0. The Morgan fingerprint density at radius 2 is 0.927 bits per heavy atom. The molecule has 0 saturated heterocycles. The van der Waals surface area contributed by atoms with Crippen LogP contribution in [0.3, 0.4) is 0 Å². The van der Waals surface area contributed by atoms with Gasteiger partial charge >= 0.3 is 0 Å². The number of anilines is 3. The van der Waals surface area contributed by atoms with Crippen LogP contribution >= 0.6 is 0 Å². The summed E-state index contributed by atoms with van der Waals surface area (Å²) in [4.78, 5) is 2.37. The van der Waals surface area contributed by atoms with E-state index >= 15 is 0 Å².